The SMILES string of the molecule is O=NOC(F)(Cl)C(F)(F)Cl. The second kappa shape index (κ2) is 2.79. The molecule has 0 aliphatic rings. The summed E-state index contributed by atoms with van der Waals surface area (Å²) in [7, 11) is 0. The van der Waals surface area contributed by atoms with Crippen LogP contribution in [-0.4, -0.2) is 10.7 Å². The van der Waals surface area contributed by atoms with Crippen LogP contribution >= 0.6 is 23.2 Å². The molecule has 0 fully saturated rings. The highest BCUT2D eigenvalue weighted by Crippen LogP contribution is 2.40. The lowest BCUT2D eigenvalue weighted by atomic mass is 10.7. The fourth-order valence-electron chi connectivity index (χ4n) is 0.0986. The molecule has 0 aliphatic heterocycles. The average molecular weight is 198 g/mol. The number of nitrogens with zero attached hydrogens (tertiary/aromatic N) is 1. The van der Waals surface area contributed by atoms with Crippen molar-refractivity contribution in [2.24, 2.45) is 5.34 Å². The highest BCUT2D eigenvalue weighted by Gasteiger charge is 2.56. The molecule has 0 bridgehead atoms. The summed E-state index contributed by atoms with van der Waals surface area (Å²) in [5, 5.41) is -7.23. The fourth-order valence-corrected chi connectivity index (χ4v) is 0.161. The van der Waals surface area contributed by atoms with E-state index in [0.29, 0.717) is 0 Å². The van der Waals surface area contributed by atoms with Crippen molar-refractivity contribution in [3.8, 4) is 0 Å². The van der Waals surface area contributed by atoms with Crippen LogP contribution in [0, 0.1) is 4.91 Å². The molecule has 1 atom stereocenters. The molecule has 0 saturated carbocycles. The van der Waals surface area contributed by atoms with Crippen molar-refractivity contribution >= 4 is 23.2 Å². The topological polar surface area (TPSA) is 38.7 Å². The van der Waals surface area contributed by atoms with Gasteiger partial charge < -0.3 is 0 Å². The zero-order chi connectivity index (χ0) is 8.41. The molecule has 8 heteroatoms. The van der Waals surface area contributed by atoms with Crippen LogP contribution < -0.4 is 0 Å². The van der Waals surface area contributed by atoms with Crippen LogP contribution in [0.5, 0.6) is 0 Å². The highest BCUT2D eigenvalue weighted by molar-refractivity contribution is 6.31. The van der Waals surface area contributed by atoms with E-state index in [4.69, 9.17) is 4.91 Å². The van der Waals surface area contributed by atoms with Gasteiger partial charge >= 0.3 is 10.7 Å². The monoisotopic (exact) mass is 197 g/mol. The van der Waals surface area contributed by atoms with Gasteiger partial charge in [0.15, 0.2) is 5.34 Å². The third kappa shape index (κ3) is 2.18. The molecular formula is C2Cl2F3NO2. The molecule has 0 radical (unpaired) electrons. The standard InChI is InChI=1S/C2Cl2F3NO2/c3-1(5,6)2(4,7)10-8-9. The fraction of sp³-hybridized carbons (Fsp3) is 1.00. The molecule has 3 nitrogen and oxygen atoms in total. The van der Waals surface area contributed by atoms with Crippen molar-refractivity contribution in [2.45, 2.75) is 10.7 Å². The quantitative estimate of drug-likeness (QED) is 0.396. The maximum absolute atomic E-state index is 12.0. The van der Waals surface area contributed by atoms with E-state index in [2.05, 4.69) is 28.0 Å². The van der Waals surface area contributed by atoms with Gasteiger partial charge in [0.2, 0.25) is 0 Å². The Hall–Kier alpha value is -0.230. The Morgan fingerprint density at radius 1 is 1.30 bits per heavy atom. The predicted octanol–water partition coefficient (Wildman–Crippen LogP) is 2.38. The van der Waals surface area contributed by atoms with E-state index >= 15 is 0 Å². The predicted molar refractivity (Wildman–Crippen MR) is 27.4 cm³/mol. The Bertz CT molecular complexity index is 135. The molecule has 0 spiro atoms. The lowest BCUT2D eigenvalue weighted by Gasteiger charge is -2.17. The van der Waals surface area contributed by atoms with E-state index < -0.39 is 10.7 Å². The Kier molecular flexibility index (Phi) is 2.73. The zero-order valence-corrected chi connectivity index (χ0v) is 5.67. The van der Waals surface area contributed by atoms with Gasteiger partial charge in [-0.2, -0.15) is 13.2 Å². The van der Waals surface area contributed by atoms with Gasteiger partial charge in [0, 0.05) is 0 Å². The van der Waals surface area contributed by atoms with Crippen LogP contribution in [0.15, 0.2) is 5.34 Å². The average Bonchev–Trinajstić information content (AvgIpc) is 1.61. The van der Waals surface area contributed by atoms with Gasteiger partial charge in [-0.1, -0.05) is 0 Å². The minimum atomic E-state index is -4.50. The summed E-state index contributed by atoms with van der Waals surface area (Å²) >= 11 is 8.29. The largest absolute Gasteiger partial charge is 0.429 e. The molecule has 60 valence electrons. The number of alkyl halides is 5. The second-order valence-corrected chi connectivity index (χ2v) is 2.14. The minimum absolute atomic E-state index is 1.35. The van der Waals surface area contributed by atoms with Crippen LogP contribution in [0.3, 0.4) is 0 Å². The Morgan fingerprint density at radius 3 is 1.80 bits per heavy atom. The smallest absolute Gasteiger partial charge is 0.298 e. The molecule has 10 heavy (non-hydrogen) atoms. The van der Waals surface area contributed by atoms with Gasteiger partial charge in [-0.3, -0.25) is 4.84 Å². The maximum Gasteiger partial charge on any atom is 0.429 e. The van der Waals surface area contributed by atoms with Crippen molar-refractivity contribution in [1.82, 2.24) is 0 Å². The molecule has 1 unspecified atom stereocenters. The van der Waals surface area contributed by atoms with Gasteiger partial charge in [0.25, 0.3) is 0 Å². The van der Waals surface area contributed by atoms with Crippen molar-refractivity contribution < 1.29 is 18.0 Å². The molecule has 0 heterocycles. The molecule has 0 aliphatic carbocycles. The summed E-state index contributed by atoms with van der Waals surface area (Å²) in [5.74, 6) is 0. The molecule has 0 amide bonds. The van der Waals surface area contributed by atoms with E-state index in [1.807, 2.05) is 0 Å². The summed E-state index contributed by atoms with van der Waals surface area (Å²) in [6.07, 6.45) is 0. The van der Waals surface area contributed by atoms with Gasteiger partial charge in [-0.05, 0) is 23.2 Å². The van der Waals surface area contributed by atoms with Crippen molar-refractivity contribution in [2.75, 3.05) is 0 Å². The van der Waals surface area contributed by atoms with Gasteiger partial charge in [0.1, 0.15) is 0 Å². The third-order valence-corrected chi connectivity index (χ3v) is 1.13. The number of halogens is 5. The van der Waals surface area contributed by atoms with E-state index in [0.717, 1.165) is 0 Å². The van der Waals surface area contributed by atoms with E-state index in [9.17, 15) is 13.2 Å². The lowest BCUT2D eigenvalue weighted by Crippen LogP contribution is -2.35. The molecular weight excluding hydrogens is 198 g/mol. The summed E-state index contributed by atoms with van der Waals surface area (Å²) in [6.45, 7) is 0. The first-order valence-electron chi connectivity index (χ1n) is 1.76. The summed E-state index contributed by atoms with van der Waals surface area (Å²) in [4.78, 5) is 12.0. The Balaban J connectivity index is 4.23. The zero-order valence-electron chi connectivity index (χ0n) is 4.15. The van der Waals surface area contributed by atoms with Crippen molar-refractivity contribution in [3.05, 3.63) is 4.91 Å². The van der Waals surface area contributed by atoms with Crippen LogP contribution in [0.25, 0.3) is 0 Å². The first-order valence-corrected chi connectivity index (χ1v) is 2.52. The maximum atomic E-state index is 12.0. The van der Waals surface area contributed by atoms with Crippen LogP contribution in [-0.2, 0) is 4.84 Å². The van der Waals surface area contributed by atoms with Crippen LogP contribution in [0.4, 0.5) is 13.2 Å². The van der Waals surface area contributed by atoms with Crippen LogP contribution in [0.1, 0.15) is 0 Å². The summed E-state index contributed by atoms with van der Waals surface area (Å²) in [5.41, 5.74) is 0. The number of hydrogen-bond donors (Lipinski definition) is 0. The third-order valence-electron chi connectivity index (χ3n) is 0.482. The summed E-state index contributed by atoms with van der Waals surface area (Å²) < 4.78 is 35.2. The van der Waals surface area contributed by atoms with Crippen LogP contribution in [0.2, 0.25) is 0 Å². The normalized spacial score (nSPS) is 17.7. The van der Waals surface area contributed by atoms with E-state index in [-0.39, 0.29) is 0 Å². The van der Waals surface area contributed by atoms with E-state index in [1.54, 1.807) is 0 Å². The molecule has 0 saturated heterocycles. The van der Waals surface area contributed by atoms with Gasteiger partial charge in [0.05, 0.1) is 0 Å². The van der Waals surface area contributed by atoms with Crippen molar-refractivity contribution in [3.63, 3.8) is 0 Å². The molecule has 0 aromatic rings. The molecule has 0 N–H and O–H groups in total. The van der Waals surface area contributed by atoms with Crippen molar-refractivity contribution in [1.29, 1.82) is 0 Å². The Morgan fingerprint density at radius 2 is 1.70 bits per heavy atom. The molecule has 0 aromatic heterocycles. The number of hydrogen-bond acceptors (Lipinski definition) is 3. The lowest BCUT2D eigenvalue weighted by molar-refractivity contribution is -0.186. The van der Waals surface area contributed by atoms with E-state index in [1.165, 1.54) is 5.34 Å². The van der Waals surface area contributed by atoms with Gasteiger partial charge in [-0.25, -0.2) is 0 Å². The molecule has 0 aromatic carbocycles. The minimum Gasteiger partial charge on any atom is -0.298 e. The first kappa shape index (κ1) is 9.77. The second-order valence-electron chi connectivity index (χ2n) is 1.18. The first-order chi connectivity index (χ1) is 4.31. The molecule has 0 rings (SSSR count). The van der Waals surface area contributed by atoms with Gasteiger partial charge in [-0.15, -0.1) is 4.91 Å². The number of rotatable bonds is 3. The summed E-state index contributed by atoms with van der Waals surface area (Å²) in [6, 6.07) is 0. The highest BCUT2D eigenvalue weighted by atomic mass is 35.5. The Labute approximate surface area is 63.0 Å².